The Kier molecular flexibility index (Phi) is 1.84. The van der Waals surface area contributed by atoms with Crippen molar-refractivity contribution in [2.75, 3.05) is 0 Å². The molecule has 0 atom stereocenters. The molecule has 10 heavy (non-hydrogen) atoms. The van der Waals surface area contributed by atoms with E-state index in [-0.39, 0.29) is 5.54 Å². The first-order chi connectivity index (χ1) is 4.58. The van der Waals surface area contributed by atoms with Crippen LogP contribution in [0.3, 0.4) is 0 Å². The van der Waals surface area contributed by atoms with Crippen molar-refractivity contribution in [2.45, 2.75) is 32.7 Å². The maximum atomic E-state index is 3.39. The van der Waals surface area contributed by atoms with Gasteiger partial charge in [-0.15, -0.1) is 0 Å². The molecule has 0 bridgehead atoms. The minimum absolute atomic E-state index is 0.195. The summed E-state index contributed by atoms with van der Waals surface area (Å²) in [6, 6.07) is 0. The van der Waals surface area contributed by atoms with Gasteiger partial charge >= 0.3 is 0 Å². The monoisotopic (exact) mass is 137 g/mol. The highest BCUT2D eigenvalue weighted by molar-refractivity contribution is 5.25. The fraction of sp³-hybridized carbons (Fsp3) is 0.556. The summed E-state index contributed by atoms with van der Waals surface area (Å²) in [6.45, 7) is 6.50. The Bertz CT molecular complexity index is 170. The second-order valence-electron chi connectivity index (χ2n) is 3.67. The van der Waals surface area contributed by atoms with E-state index in [1.165, 1.54) is 5.70 Å². The summed E-state index contributed by atoms with van der Waals surface area (Å²) in [4.78, 5) is 0. The van der Waals surface area contributed by atoms with E-state index in [0.29, 0.717) is 0 Å². The zero-order valence-corrected chi connectivity index (χ0v) is 6.94. The molecule has 1 heteroatoms. The molecule has 0 aromatic heterocycles. The van der Waals surface area contributed by atoms with Gasteiger partial charge in [0, 0.05) is 11.2 Å². The number of hydrogen-bond acceptors (Lipinski definition) is 1. The van der Waals surface area contributed by atoms with Crippen LogP contribution in [0.25, 0.3) is 0 Å². The van der Waals surface area contributed by atoms with E-state index in [1.54, 1.807) is 0 Å². The van der Waals surface area contributed by atoms with Gasteiger partial charge in [-0.2, -0.15) is 0 Å². The van der Waals surface area contributed by atoms with Crippen molar-refractivity contribution < 1.29 is 0 Å². The van der Waals surface area contributed by atoms with Crippen molar-refractivity contribution in [3.8, 4) is 0 Å². The van der Waals surface area contributed by atoms with Gasteiger partial charge in [0.05, 0.1) is 0 Å². The molecule has 0 aliphatic heterocycles. The lowest BCUT2D eigenvalue weighted by Crippen LogP contribution is -2.34. The van der Waals surface area contributed by atoms with Gasteiger partial charge in [-0.1, -0.05) is 12.2 Å². The maximum absolute atomic E-state index is 3.39. The molecule has 0 unspecified atom stereocenters. The molecule has 1 nitrogen and oxygen atoms in total. The summed E-state index contributed by atoms with van der Waals surface area (Å²) < 4.78 is 0. The van der Waals surface area contributed by atoms with E-state index < -0.39 is 0 Å². The van der Waals surface area contributed by atoms with Crippen LogP contribution < -0.4 is 5.32 Å². The lowest BCUT2D eigenvalue weighted by molar-refractivity contribution is 0.479. The molecule has 0 radical (unpaired) electrons. The third kappa shape index (κ3) is 2.26. The Morgan fingerprint density at radius 1 is 1.40 bits per heavy atom. The van der Waals surface area contributed by atoms with E-state index in [2.05, 4.69) is 44.3 Å². The standard InChI is InChI=1S/C9H15N/c1-9(2,3)10-8-6-4-5-7-8/h4,6-7,10H,5H2,1-3H3. The second kappa shape index (κ2) is 2.49. The Hall–Kier alpha value is -0.720. The maximum Gasteiger partial charge on any atom is 0.0303 e. The molecule has 1 aliphatic carbocycles. The van der Waals surface area contributed by atoms with Crippen molar-refractivity contribution in [3.63, 3.8) is 0 Å². The summed E-state index contributed by atoms with van der Waals surface area (Å²) in [6.07, 6.45) is 7.57. The number of allylic oxidation sites excluding steroid dienone is 3. The molecule has 0 aromatic rings. The number of rotatable bonds is 1. The van der Waals surface area contributed by atoms with Crippen LogP contribution in [0.15, 0.2) is 23.9 Å². The molecular weight excluding hydrogens is 122 g/mol. The largest absolute Gasteiger partial charge is 0.381 e. The average molecular weight is 137 g/mol. The van der Waals surface area contributed by atoms with Crippen LogP contribution >= 0.6 is 0 Å². The van der Waals surface area contributed by atoms with Crippen molar-refractivity contribution in [2.24, 2.45) is 0 Å². The number of hydrogen-bond donors (Lipinski definition) is 1. The zero-order valence-electron chi connectivity index (χ0n) is 6.94. The van der Waals surface area contributed by atoms with E-state index in [1.807, 2.05) is 0 Å². The molecule has 1 rings (SSSR count). The molecule has 0 aromatic carbocycles. The van der Waals surface area contributed by atoms with Gasteiger partial charge in [0.1, 0.15) is 0 Å². The SMILES string of the molecule is CC(C)(C)NC1=CCC=C1. The molecular formula is C9H15N. The van der Waals surface area contributed by atoms with Crippen LogP contribution in [0.5, 0.6) is 0 Å². The summed E-state index contributed by atoms with van der Waals surface area (Å²) in [5.74, 6) is 0. The van der Waals surface area contributed by atoms with E-state index in [0.717, 1.165) is 6.42 Å². The van der Waals surface area contributed by atoms with Crippen LogP contribution in [0, 0.1) is 0 Å². The van der Waals surface area contributed by atoms with Crippen molar-refractivity contribution in [1.29, 1.82) is 0 Å². The normalized spacial score (nSPS) is 17.3. The van der Waals surface area contributed by atoms with Gasteiger partial charge in [-0.3, -0.25) is 0 Å². The number of nitrogens with one attached hydrogen (secondary N) is 1. The Balaban J connectivity index is 2.46. The van der Waals surface area contributed by atoms with Gasteiger partial charge in [-0.25, -0.2) is 0 Å². The first-order valence-corrected chi connectivity index (χ1v) is 3.73. The highest BCUT2D eigenvalue weighted by Crippen LogP contribution is 2.10. The molecule has 1 N–H and O–H groups in total. The van der Waals surface area contributed by atoms with Crippen LogP contribution in [-0.4, -0.2) is 5.54 Å². The third-order valence-corrected chi connectivity index (χ3v) is 1.29. The average Bonchev–Trinajstić information content (AvgIpc) is 2.12. The topological polar surface area (TPSA) is 12.0 Å². The Morgan fingerprint density at radius 2 is 2.10 bits per heavy atom. The molecule has 0 amide bonds. The minimum Gasteiger partial charge on any atom is -0.381 e. The Morgan fingerprint density at radius 3 is 2.50 bits per heavy atom. The van der Waals surface area contributed by atoms with Crippen molar-refractivity contribution in [3.05, 3.63) is 23.9 Å². The summed E-state index contributed by atoms with van der Waals surface area (Å²) in [5.41, 5.74) is 1.45. The third-order valence-electron chi connectivity index (χ3n) is 1.29. The summed E-state index contributed by atoms with van der Waals surface area (Å²) in [5, 5.41) is 3.39. The quantitative estimate of drug-likeness (QED) is 0.584. The molecule has 0 fully saturated rings. The molecule has 56 valence electrons. The molecule has 1 aliphatic rings. The predicted molar refractivity (Wildman–Crippen MR) is 44.7 cm³/mol. The minimum atomic E-state index is 0.195. The highest BCUT2D eigenvalue weighted by atomic mass is 15.0. The zero-order chi connectivity index (χ0) is 7.61. The predicted octanol–water partition coefficient (Wildman–Crippen LogP) is 2.22. The van der Waals surface area contributed by atoms with Crippen molar-refractivity contribution >= 4 is 0 Å². The van der Waals surface area contributed by atoms with Gasteiger partial charge in [-0.05, 0) is 33.3 Å². The van der Waals surface area contributed by atoms with Gasteiger partial charge in [0.15, 0.2) is 0 Å². The van der Waals surface area contributed by atoms with Gasteiger partial charge < -0.3 is 5.32 Å². The first kappa shape index (κ1) is 7.39. The van der Waals surface area contributed by atoms with Crippen LogP contribution in [0.4, 0.5) is 0 Å². The molecule has 0 saturated carbocycles. The van der Waals surface area contributed by atoms with Crippen molar-refractivity contribution in [1.82, 2.24) is 5.32 Å². The van der Waals surface area contributed by atoms with E-state index in [9.17, 15) is 0 Å². The smallest absolute Gasteiger partial charge is 0.0303 e. The molecule has 0 spiro atoms. The van der Waals surface area contributed by atoms with E-state index in [4.69, 9.17) is 0 Å². The lowest BCUT2D eigenvalue weighted by atomic mass is 10.1. The fourth-order valence-electron chi connectivity index (χ4n) is 0.984. The first-order valence-electron chi connectivity index (χ1n) is 3.73. The van der Waals surface area contributed by atoms with Crippen LogP contribution in [0.1, 0.15) is 27.2 Å². The van der Waals surface area contributed by atoms with E-state index >= 15 is 0 Å². The lowest BCUT2D eigenvalue weighted by Gasteiger charge is -2.21. The second-order valence-corrected chi connectivity index (χ2v) is 3.67. The van der Waals surface area contributed by atoms with Crippen LogP contribution in [-0.2, 0) is 0 Å². The summed E-state index contributed by atoms with van der Waals surface area (Å²) in [7, 11) is 0. The summed E-state index contributed by atoms with van der Waals surface area (Å²) >= 11 is 0. The molecule has 0 heterocycles. The fourth-order valence-corrected chi connectivity index (χ4v) is 0.984. The highest BCUT2D eigenvalue weighted by Gasteiger charge is 2.09. The Labute approximate surface area is 62.8 Å². The van der Waals surface area contributed by atoms with Crippen LogP contribution in [0.2, 0.25) is 0 Å². The van der Waals surface area contributed by atoms with Gasteiger partial charge in [0.2, 0.25) is 0 Å². The van der Waals surface area contributed by atoms with Gasteiger partial charge in [0.25, 0.3) is 0 Å². The molecule has 0 saturated heterocycles.